The van der Waals surface area contributed by atoms with E-state index in [-0.39, 0.29) is 5.91 Å². The summed E-state index contributed by atoms with van der Waals surface area (Å²) >= 11 is 7.42. The summed E-state index contributed by atoms with van der Waals surface area (Å²) in [5, 5.41) is 2.78. The highest BCUT2D eigenvalue weighted by Crippen LogP contribution is 2.22. The molecule has 3 nitrogen and oxygen atoms in total. The molecule has 0 saturated carbocycles. The van der Waals surface area contributed by atoms with Crippen LogP contribution in [0.1, 0.15) is 33.6 Å². The number of amides is 1. The van der Waals surface area contributed by atoms with Gasteiger partial charge in [-0.15, -0.1) is 11.3 Å². The lowest BCUT2D eigenvalue weighted by atomic mass is 9.97. The van der Waals surface area contributed by atoms with E-state index >= 15 is 0 Å². The summed E-state index contributed by atoms with van der Waals surface area (Å²) in [6, 6.07) is 9.74. The van der Waals surface area contributed by atoms with E-state index in [0.29, 0.717) is 12.5 Å². The van der Waals surface area contributed by atoms with Gasteiger partial charge in [-0.2, -0.15) is 0 Å². The average Bonchev–Trinajstić information content (AvgIpc) is 3.03. The van der Waals surface area contributed by atoms with E-state index in [9.17, 15) is 4.79 Å². The predicted molar refractivity (Wildman–Crippen MR) is 98.8 cm³/mol. The van der Waals surface area contributed by atoms with E-state index in [1.165, 1.54) is 11.3 Å². The molecule has 24 heavy (non-hydrogen) atoms. The van der Waals surface area contributed by atoms with Gasteiger partial charge in [-0.25, -0.2) is 0 Å². The zero-order chi connectivity index (χ0) is 16.9. The highest BCUT2D eigenvalue weighted by atomic mass is 35.5. The Balaban J connectivity index is 1.40. The first-order valence-electron chi connectivity index (χ1n) is 8.28. The number of ether oxygens (including phenoxy) is 1. The third-order valence-corrected chi connectivity index (χ3v) is 5.67. The van der Waals surface area contributed by atoms with Gasteiger partial charge < -0.3 is 9.64 Å². The van der Waals surface area contributed by atoms with Crippen LogP contribution in [0.25, 0.3) is 0 Å². The number of halogens is 1. The summed E-state index contributed by atoms with van der Waals surface area (Å²) in [7, 11) is 0. The molecule has 0 unspecified atom stereocenters. The molecule has 0 N–H and O–H groups in total. The van der Waals surface area contributed by atoms with Crippen LogP contribution in [0.2, 0.25) is 5.02 Å². The van der Waals surface area contributed by atoms with Gasteiger partial charge >= 0.3 is 0 Å². The van der Waals surface area contributed by atoms with Crippen LogP contribution in [0, 0.1) is 12.8 Å². The zero-order valence-corrected chi connectivity index (χ0v) is 15.4. The predicted octanol–water partition coefficient (Wildman–Crippen LogP) is 4.78. The number of nitrogens with zero attached hydrogens (tertiary/aromatic N) is 1. The van der Waals surface area contributed by atoms with Gasteiger partial charge in [0.2, 0.25) is 0 Å². The second-order valence-electron chi connectivity index (χ2n) is 6.37. The Labute approximate surface area is 152 Å². The van der Waals surface area contributed by atoms with Crippen LogP contribution in [-0.2, 0) is 11.3 Å². The van der Waals surface area contributed by atoms with E-state index in [1.807, 2.05) is 47.5 Å². The van der Waals surface area contributed by atoms with Crippen molar-refractivity contribution in [3.63, 3.8) is 0 Å². The molecule has 1 aliphatic rings. The minimum absolute atomic E-state index is 0.175. The molecular weight excluding hydrogens is 342 g/mol. The first-order valence-corrected chi connectivity index (χ1v) is 9.54. The fourth-order valence-electron chi connectivity index (χ4n) is 2.93. The van der Waals surface area contributed by atoms with Gasteiger partial charge in [0.05, 0.1) is 11.5 Å². The van der Waals surface area contributed by atoms with Gasteiger partial charge in [0.1, 0.15) is 0 Å². The summed E-state index contributed by atoms with van der Waals surface area (Å²) in [4.78, 5) is 15.3. The van der Waals surface area contributed by atoms with E-state index < -0.39 is 0 Å². The van der Waals surface area contributed by atoms with Crippen LogP contribution >= 0.6 is 22.9 Å². The molecule has 0 radical (unpaired) electrons. The SMILES string of the molecule is Cc1csc(C(=O)N2CCC(COCc3ccc(Cl)cc3)CC2)c1. The normalized spacial score (nSPS) is 15.7. The number of hydrogen-bond acceptors (Lipinski definition) is 3. The molecule has 0 aliphatic carbocycles. The number of carbonyl (C=O) groups excluding carboxylic acids is 1. The van der Waals surface area contributed by atoms with E-state index in [2.05, 4.69) is 0 Å². The van der Waals surface area contributed by atoms with Gasteiger partial charge in [-0.3, -0.25) is 4.79 Å². The standard InChI is InChI=1S/C19H22ClNO2S/c1-14-10-18(24-13-14)19(22)21-8-6-16(7-9-21)12-23-11-15-2-4-17(20)5-3-15/h2-5,10,13,16H,6-9,11-12H2,1H3. The topological polar surface area (TPSA) is 29.5 Å². The molecule has 1 aromatic carbocycles. The van der Waals surface area contributed by atoms with Crippen molar-refractivity contribution in [2.45, 2.75) is 26.4 Å². The Morgan fingerprint density at radius 3 is 2.62 bits per heavy atom. The van der Waals surface area contributed by atoms with Crippen LogP contribution in [0.5, 0.6) is 0 Å². The molecule has 1 fully saturated rings. The van der Waals surface area contributed by atoms with Crippen LogP contribution < -0.4 is 0 Å². The molecule has 1 amide bonds. The molecule has 3 rings (SSSR count). The Kier molecular flexibility index (Phi) is 5.93. The smallest absolute Gasteiger partial charge is 0.263 e. The highest BCUT2D eigenvalue weighted by Gasteiger charge is 2.24. The number of piperidine rings is 1. The highest BCUT2D eigenvalue weighted by molar-refractivity contribution is 7.12. The molecule has 5 heteroatoms. The van der Waals surface area contributed by atoms with Crippen LogP contribution in [-0.4, -0.2) is 30.5 Å². The molecule has 0 atom stereocenters. The third kappa shape index (κ3) is 4.59. The maximum absolute atomic E-state index is 12.4. The minimum atomic E-state index is 0.175. The third-order valence-electron chi connectivity index (χ3n) is 4.38. The van der Waals surface area contributed by atoms with Gasteiger partial charge in [0.25, 0.3) is 5.91 Å². The van der Waals surface area contributed by atoms with Crippen molar-refractivity contribution in [2.24, 2.45) is 5.92 Å². The lowest BCUT2D eigenvalue weighted by Gasteiger charge is -2.31. The molecule has 0 bridgehead atoms. The van der Waals surface area contributed by atoms with Gasteiger partial charge in [-0.1, -0.05) is 23.7 Å². The number of likely N-dealkylation sites (tertiary alicyclic amines) is 1. The fraction of sp³-hybridized carbons (Fsp3) is 0.421. The molecular formula is C19H22ClNO2S. The zero-order valence-electron chi connectivity index (χ0n) is 13.8. The van der Waals surface area contributed by atoms with Crippen molar-refractivity contribution in [1.82, 2.24) is 4.90 Å². The second kappa shape index (κ2) is 8.15. The molecule has 1 saturated heterocycles. The quantitative estimate of drug-likeness (QED) is 0.765. The van der Waals surface area contributed by atoms with E-state index in [4.69, 9.17) is 16.3 Å². The summed E-state index contributed by atoms with van der Waals surface area (Å²) in [5.74, 6) is 0.708. The first kappa shape index (κ1) is 17.5. The monoisotopic (exact) mass is 363 g/mol. The molecule has 128 valence electrons. The number of benzene rings is 1. The lowest BCUT2D eigenvalue weighted by Crippen LogP contribution is -2.39. The Hall–Kier alpha value is -1.36. The number of rotatable bonds is 5. The van der Waals surface area contributed by atoms with Crippen molar-refractivity contribution in [3.05, 3.63) is 56.7 Å². The molecule has 2 heterocycles. The summed E-state index contributed by atoms with van der Waals surface area (Å²) in [5.41, 5.74) is 2.30. The number of hydrogen-bond donors (Lipinski definition) is 0. The first-order chi connectivity index (χ1) is 11.6. The Morgan fingerprint density at radius 1 is 1.29 bits per heavy atom. The van der Waals surface area contributed by atoms with Crippen molar-refractivity contribution < 1.29 is 9.53 Å². The fourth-order valence-corrected chi connectivity index (χ4v) is 3.92. The summed E-state index contributed by atoms with van der Waals surface area (Å²) in [6.07, 6.45) is 2.02. The number of aryl methyl sites for hydroxylation is 1. The number of carbonyl (C=O) groups is 1. The molecule has 2 aromatic rings. The van der Waals surface area contributed by atoms with Crippen molar-refractivity contribution in [3.8, 4) is 0 Å². The maximum Gasteiger partial charge on any atom is 0.263 e. The maximum atomic E-state index is 12.4. The Bertz CT molecular complexity index is 675. The molecule has 0 spiro atoms. The van der Waals surface area contributed by atoms with Gasteiger partial charge in [-0.05, 0) is 60.4 Å². The van der Waals surface area contributed by atoms with Crippen LogP contribution in [0.15, 0.2) is 35.7 Å². The Morgan fingerprint density at radius 2 is 2.00 bits per heavy atom. The van der Waals surface area contributed by atoms with Crippen molar-refractivity contribution in [2.75, 3.05) is 19.7 Å². The molecule has 1 aromatic heterocycles. The van der Waals surface area contributed by atoms with Crippen LogP contribution in [0.3, 0.4) is 0 Å². The van der Waals surface area contributed by atoms with E-state index in [1.54, 1.807) is 0 Å². The average molecular weight is 364 g/mol. The van der Waals surface area contributed by atoms with Crippen molar-refractivity contribution in [1.29, 1.82) is 0 Å². The second-order valence-corrected chi connectivity index (χ2v) is 7.71. The summed E-state index contributed by atoms with van der Waals surface area (Å²) in [6.45, 7) is 5.04. The number of thiophene rings is 1. The van der Waals surface area contributed by atoms with Gasteiger partial charge in [0.15, 0.2) is 0 Å². The summed E-state index contributed by atoms with van der Waals surface area (Å²) < 4.78 is 5.84. The lowest BCUT2D eigenvalue weighted by molar-refractivity contribution is 0.0481. The van der Waals surface area contributed by atoms with E-state index in [0.717, 1.165) is 53.6 Å². The molecule has 1 aliphatic heterocycles. The van der Waals surface area contributed by atoms with Gasteiger partial charge in [0, 0.05) is 24.7 Å². The van der Waals surface area contributed by atoms with Crippen molar-refractivity contribution >= 4 is 28.8 Å². The largest absolute Gasteiger partial charge is 0.376 e. The van der Waals surface area contributed by atoms with Crippen LogP contribution in [0.4, 0.5) is 0 Å². The minimum Gasteiger partial charge on any atom is -0.376 e.